The molecular weight excluding hydrogens is 210 g/mol. The first-order valence-corrected chi connectivity index (χ1v) is 5.73. The first-order valence-electron chi connectivity index (χ1n) is 4.91. The van der Waals surface area contributed by atoms with Gasteiger partial charge < -0.3 is 4.42 Å². The minimum atomic E-state index is 0.172. The van der Waals surface area contributed by atoms with Gasteiger partial charge in [-0.15, -0.1) is 11.3 Å². The second kappa shape index (κ2) is 3.31. The maximum Gasteiger partial charge on any atom is 0.182 e. The van der Waals surface area contributed by atoms with Crippen molar-refractivity contribution < 1.29 is 9.21 Å². The summed E-state index contributed by atoms with van der Waals surface area (Å²) in [4.78, 5) is 17.0. The molecule has 0 radical (unpaired) electrons. The van der Waals surface area contributed by atoms with Crippen molar-refractivity contribution in [3.8, 4) is 10.8 Å². The van der Waals surface area contributed by atoms with Gasteiger partial charge >= 0.3 is 0 Å². The minimum Gasteiger partial charge on any atom is -0.462 e. The van der Waals surface area contributed by atoms with E-state index in [1.54, 1.807) is 17.6 Å². The summed E-state index contributed by atoms with van der Waals surface area (Å²) in [5.74, 6) is 0.924. The van der Waals surface area contributed by atoms with Gasteiger partial charge in [0, 0.05) is 11.3 Å². The zero-order chi connectivity index (χ0) is 10.3. The van der Waals surface area contributed by atoms with Gasteiger partial charge in [0.25, 0.3) is 0 Å². The fourth-order valence-corrected chi connectivity index (χ4v) is 2.86. The summed E-state index contributed by atoms with van der Waals surface area (Å²) in [6, 6.07) is 3.70. The third-order valence-corrected chi connectivity index (χ3v) is 3.63. The van der Waals surface area contributed by atoms with Crippen LogP contribution in [0.15, 0.2) is 22.8 Å². The van der Waals surface area contributed by atoms with Gasteiger partial charge in [0.05, 0.1) is 6.26 Å². The van der Waals surface area contributed by atoms with Crippen molar-refractivity contribution in [3.05, 3.63) is 29.0 Å². The van der Waals surface area contributed by atoms with Crippen LogP contribution in [0, 0.1) is 0 Å². The number of ketones is 1. The predicted octanol–water partition coefficient (Wildman–Crippen LogP) is 2.92. The van der Waals surface area contributed by atoms with E-state index in [1.165, 1.54) is 0 Å². The molecule has 3 nitrogen and oxygen atoms in total. The molecule has 2 heterocycles. The van der Waals surface area contributed by atoms with Crippen molar-refractivity contribution in [2.75, 3.05) is 0 Å². The number of aryl methyl sites for hydroxylation is 1. The predicted molar refractivity (Wildman–Crippen MR) is 57.1 cm³/mol. The fourth-order valence-electron chi connectivity index (χ4n) is 1.77. The first kappa shape index (κ1) is 8.85. The highest BCUT2D eigenvalue weighted by molar-refractivity contribution is 7.15. The van der Waals surface area contributed by atoms with Gasteiger partial charge in [-0.1, -0.05) is 0 Å². The van der Waals surface area contributed by atoms with Gasteiger partial charge in [-0.3, -0.25) is 4.79 Å². The van der Waals surface area contributed by atoms with Gasteiger partial charge in [0.1, 0.15) is 5.69 Å². The molecule has 0 saturated heterocycles. The third kappa shape index (κ3) is 1.41. The average Bonchev–Trinajstić information content (AvgIpc) is 2.86. The van der Waals surface area contributed by atoms with Crippen molar-refractivity contribution in [1.29, 1.82) is 0 Å². The number of carbonyl (C=O) groups excluding carboxylic acids is 1. The van der Waals surface area contributed by atoms with E-state index < -0.39 is 0 Å². The van der Waals surface area contributed by atoms with Crippen LogP contribution < -0.4 is 0 Å². The number of furan rings is 1. The number of carbonyl (C=O) groups is 1. The number of rotatable bonds is 1. The summed E-state index contributed by atoms with van der Waals surface area (Å²) < 4.78 is 5.27. The molecule has 15 heavy (non-hydrogen) atoms. The lowest BCUT2D eigenvalue weighted by Gasteiger charge is -2.06. The Morgan fingerprint density at radius 1 is 1.40 bits per heavy atom. The second-order valence-electron chi connectivity index (χ2n) is 3.54. The molecule has 0 bridgehead atoms. The maximum atomic E-state index is 11.6. The lowest BCUT2D eigenvalue weighted by molar-refractivity contribution is 0.0968. The van der Waals surface area contributed by atoms with Crippen LogP contribution in [0.4, 0.5) is 0 Å². The van der Waals surface area contributed by atoms with Crippen molar-refractivity contribution >= 4 is 17.1 Å². The van der Waals surface area contributed by atoms with Gasteiger partial charge in [0.15, 0.2) is 16.6 Å². The lowest BCUT2D eigenvalue weighted by Crippen LogP contribution is -2.08. The number of aromatic nitrogens is 1. The van der Waals surface area contributed by atoms with Gasteiger partial charge in [-0.2, -0.15) is 0 Å². The van der Waals surface area contributed by atoms with Crippen LogP contribution >= 0.6 is 11.3 Å². The molecule has 0 N–H and O–H groups in total. The Morgan fingerprint density at radius 3 is 3.07 bits per heavy atom. The molecular formula is C11H9NO2S. The zero-order valence-corrected chi connectivity index (χ0v) is 8.84. The van der Waals surface area contributed by atoms with E-state index in [9.17, 15) is 4.79 Å². The molecule has 3 rings (SSSR count). The van der Waals surface area contributed by atoms with Gasteiger partial charge in [0.2, 0.25) is 0 Å². The minimum absolute atomic E-state index is 0.172. The molecule has 1 aliphatic rings. The lowest BCUT2D eigenvalue weighted by atomic mass is 10.0. The van der Waals surface area contributed by atoms with Crippen molar-refractivity contribution in [3.63, 3.8) is 0 Å². The Bertz CT molecular complexity index is 499. The Morgan fingerprint density at radius 2 is 2.33 bits per heavy atom. The number of thiazole rings is 1. The molecule has 0 fully saturated rings. The summed E-state index contributed by atoms with van der Waals surface area (Å²) in [6.45, 7) is 0. The standard InChI is InChI=1S/C11H9NO2S/c13-7-3-1-5-9-10(7)12-11(15-9)8-4-2-6-14-8/h2,4,6H,1,3,5H2. The van der Waals surface area contributed by atoms with Crippen molar-refractivity contribution in [2.24, 2.45) is 0 Å². The summed E-state index contributed by atoms with van der Waals surface area (Å²) in [5, 5.41) is 0.820. The number of hydrogen-bond donors (Lipinski definition) is 0. The number of nitrogens with zero attached hydrogens (tertiary/aromatic N) is 1. The Hall–Kier alpha value is -1.42. The quantitative estimate of drug-likeness (QED) is 0.740. The van der Waals surface area contributed by atoms with Gasteiger partial charge in [-0.25, -0.2) is 4.98 Å². The smallest absolute Gasteiger partial charge is 0.182 e. The van der Waals surface area contributed by atoms with Crippen LogP contribution in [0.3, 0.4) is 0 Å². The molecule has 2 aromatic heterocycles. The summed E-state index contributed by atoms with van der Waals surface area (Å²) in [5.41, 5.74) is 0.664. The van der Waals surface area contributed by atoms with E-state index in [-0.39, 0.29) is 5.78 Å². The van der Waals surface area contributed by atoms with E-state index >= 15 is 0 Å². The van der Waals surface area contributed by atoms with Crippen LogP contribution in [0.5, 0.6) is 0 Å². The van der Waals surface area contributed by atoms with E-state index in [0.29, 0.717) is 12.1 Å². The molecule has 1 aliphatic carbocycles. The van der Waals surface area contributed by atoms with Crippen LogP contribution in [0.2, 0.25) is 0 Å². The largest absolute Gasteiger partial charge is 0.462 e. The molecule has 0 atom stereocenters. The molecule has 76 valence electrons. The Kier molecular flexibility index (Phi) is 1.95. The number of fused-ring (bicyclic) bond motifs is 1. The molecule has 4 heteroatoms. The highest BCUT2D eigenvalue weighted by atomic mass is 32.1. The molecule has 0 aliphatic heterocycles. The Labute approximate surface area is 90.8 Å². The number of hydrogen-bond acceptors (Lipinski definition) is 4. The first-order chi connectivity index (χ1) is 7.34. The van der Waals surface area contributed by atoms with E-state index in [1.807, 2.05) is 12.1 Å². The number of Topliss-reactive ketones (excluding diaryl/α,β-unsaturated/α-hetero) is 1. The van der Waals surface area contributed by atoms with Crippen LogP contribution in [-0.2, 0) is 6.42 Å². The highest BCUT2D eigenvalue weighted by Gasteiger charge is 2.23. The Balaban J connectivity index is 2.09. The zero-order valence-electron chi connectivity index (χ0n) is 8.03. The molecule has 0 aromatic carbocycles. The van der Waals surface area contributed by atoms with E-state index in [0.717, 1.165) is 28.5 Å². The van der Waals surface area contributed by atoms with Gasteiger partial charge in [-0.05, 0) is 25.0 Å². The molecule has 0 spiro atoms. The highest BCUT2D eigenvalue weighted by Crippen LogP contribution is 2.32. The van der Waals surface area contributed by atoms with Crippen LogP contribution in [-0.4, -0.2) is 10.8 Å². The van der Waals surface area contributed by atoms with Crippen molar-refractivity contribution in [1.82, 2.24) is 4.98 Å². The van der Waals surface area contributed by atoms with E-state index in [4.69, 9.17) is 4.42 Å². The average molecular weight is 219 g/mol. The normalized spacial score (nSPS) is 15.3. The molecule has 0 saturated carbocycles. The summed E-state index contributed by atoms with van der Waals surface area (Å²) >= 11 is 1.57. The monoisotopic (exact) mass is 219 g/mol. The molecule has 2 aromatic rings. The van der Waals surface area contributed by atoms with Crippen LogP contribution in [0.25, 0.3) is 10.8 Å². The topological polar surface area (TPSA) is 43.1 Å². The third-order valence-electron chi connectivity index (χ3n) is 2.50. The van der Waals surface area contributed by atoms with E-state index in [2.05, 4.69) is 4.98 Å². The second-order valence-corrected chi connectivity index (χ2v) is 4.63. The molecule has 0 unspecified atom stereocenters. The summed E-state index contributed by atoms with van der Waals surface area (Å²) in [6.07, 6.45) is 4.18. The fraction of sp³-hybridized carbons (Fsp3) is 0.273. The maximum absolute atomic E-state index is 11.6. The molecule has 0 amide bonds. The van der Waals surface area contributed by atoms with Crippen LogP contribution in [0.1, 0.15) is 28.2 Å². The van der Waals surface area contributed by atoms with Crippen molar-refractivity contribution in [2.45, 2.75) is 19.3 Å². The SMILES string of the molecule is O=C1CCCc2sc(-c3ccco3)nc21. The summed E-state index contributed by atoms with van der Waals surface area (Å²) in [7, 11) is 0.